The van der Waals surface area contributed by atoms with E-state index in [0.717, 1.165) is 0 Å². The number of halogens is 2. The number of hydrogen-bond donors (Lipinski definition) is 0. The molecule has 0 saturated heterocycles. The van der Waals surface area contributed by atoms with E-state index in [1.54, 1.807) is 0 Å². The average molecular weight is 474 g/mol. The number of esters is 3. The SMILES string of the molecule is CCCC(=O)OCC(CC)(COC(=O)CCBr)COC(=O)CCBr. The van der Waals surface area contributed by atoms with Crippen LogP contribution >= 0.6 is 31.9 Å². The number of rotatable bonds is 13. The first-order valence-corrected chi connectivity index (χ1v) is 10.3. The highest BCUT2D eigenvalue weighted by Gasteiger charge is 2.34. The summed E-state index contributed by atoms with van der Waals surface area (Å²) >= 11 is 6.36. The van der Waals surface area contributed by atoms with Crippen LogP contribution < -0.4 is 0 Å². The van der Waals surface area contributed by atoms with E-state index in [1.165, 1.54) is 0 Å². The molecule has 0 aliphatic rings. The summed E-state index contributed by atoms with van der Waals surface area (Å²) < 4.78 is 15.8. The maximum absolute atomic E-state index is 11.6. The second kappa shape index (κ2) is 13.6. The summed E-state index contributed by atoms with van der Waals surface area (Å²) in [6.07, 6.45) is 2.05. The molecular formula is C16H26Br2O6. The van der Waals surface area contributed by atoms with Gasteiger partial charge in [-0.15, -0.1) is 0 Å². The summed E-state index contributed by atoms with van der Waals surface area (Å²) in [6.45, 7) is 3.89. The van der Waals surface area contributed by atoms with Crippen LogP contribution in [0.4, 0.5) is 0 Å². The van der Waals surface area contributed by atoms with Crippen LogP contribution in [-0.2, 0) is 28.6 Å². The van der Waals surface area contributed by atoms with Crippen LogP contribution in [0.15, 0.2) is 0 Å². The van der Waals surface area contributed by atoms with Gasteiger partial charge in [0.2, 0.25) is 0 Å². The van der Waals surface area contributed by atoms with Crippen LogP contribution in [0.3, 0.4) is 0 Å². The van der Waals surface area contributed by atoms with Crippen molar-refractivity contribution in [3.63, 3.8) is 0 Å². The van der Waals surface area contributed by atoms with Gasteiger partial charge in [0, 0.05) is 17.1 Å². The Labute approximate surface area is 160 Å². The molecule has 0 aliphatic heterocycles. The monoisotopic (exact) mass is 472 g/mol. The molecule has 0 heterocycles. The van der Waals surface area contributed by atoms with E-state index in [0.29, 0.717) is 29.9 Å². The zero-order chi connectivity index (χ0) is 18.4. The fraction of sp³-hybridized carbons (Fsp3) is 0.812. The molecule has 0 N–H and O–H groups in total. The average Bonchev–Trinajstić information content (AvgIpc) is 2.55. The molecule has 8 heteroatoms. The molecule has 140 valence electrons. The Morgan fingerprint density at radius 2 is 1.12 bits per heavy atom. The Balaban J connectivity index is 4.81. The van der Waals surface area contributed by atoms with Gasteiger partial charge >= 0.3 is 17.9 Å². The molecule has 0 spiro atoms. The summed E-state index contributed by atoms with van der Waals surface area (Å²) in [4.78, 5) is 34.9. The van der Waals surface area contributed by atoms with E-state index in [4.69, 9.17) is 14.2 Å². The number of ether oxygens (including phenoxy) is 3. The van der Waals surface area contributed by atoms with E-state index < -0.39 is 5.41 Å². The van der Waals surface area contributed by atoms with Crippen LogP contribution in [-0.4, -0.2) is 48.4 Å². The first-order valence-electron chi connectivity index (χ1n) is 8.01. The van der Waals surface area contributed by atoms with Gasteiger partial charge in [0.25, 0.3) is 0 Å². The molecule has 0 rings (SSSR count). The van der Waals surface area contributed by atoms with Crippen LogP contribution in [0.25, 0.3) is 0 Å². The molecule has 0 aromatic rings. The van der Waals surface area contributed by atoms with Crippen molar-refractivity contribution in [3.05, 3.63) is 0 Å². The molecule has 0 fully saturated rings. The zero-order valence-corrected chi connectivity index (χ0v) is 17.4. The van der Waals surface area contributed by atoms with Gasteiger partial charge in [-0.2, -0.15) is 0 Å². The quantitative estimate of drug-likeness (QED) is 0.232. The normalized spacial score (nSPS) is 11.0. The topological polar surface area (TPSA) is 78.9 Å². The second-order valence-corrected chi connectivity index (χ2v) is 7.05. The molecule has 0 aliphatic carbocycles. The number of carbonyl (C=O) groups excluding carboxylic acids is 3. The smallest absolute Gasteiger partial charge is 0.306 e. The molecule has 0 unspecified atom stereocenters. The largest absolute Gasteiger partial charge is 0.465 e. The molecule has 0 aromatic carbocycles. The Bertz CT molecular complexity index is 345. The van der Waals surface area contributed by atoms with Crippen molar-refractivity contribution in [3.8, 4) is 0 Å². The summed E-state index contributed by atoms with van der Waals surface area (Å²) in [5.41, 5.74) is -0.729. The summed E-state index contributed by atoms with van der Waals surface area (Å²) in [5, 5.41) is 1.02. The minimum atomic E-state index is -0.729. The lowest BCUT2D eigenvalue weighted by atomic mass is 9.88. The highest BCUT2D eigenvalue weighted by Crippen LogP contribution is 2.25. The Morgan fingerprint density at radius 3 is 1.42 bits per heavy atom. The lowest BCUT2D eigenvalue weighted by molar-refractivity contribution is -0.162. The number of alkyl halides is 2. The van der Waals surface area contributed by atoms with Gasteiger partial charge in [0.05, 0.1) is 18.3 Å². The minimum absolute atomic E-state index is 0.0380. The van der Waals surface area contributed by atoms with Crippen molar-refractivity contribution in [2.24, 2.45) is 5.41 Å². The summed E-state index contributed by atoms with van der Waals surface area (Å²) in [6, 6.07) is 0. The predicted molar refractivity (Wildman–Crippen MR) is 97.3 cm³/mol. The molecule has 0 amide bonds. The van der Waals surface area contributed by atoms with Gasteiger partial charge in [0.1, 0.15) is 19.8 Å². The molecule has 0 aromatic heterocycles. The van der Waals surface area contributed by atoms with Crippen molar-refractivity contribution >= 4 is 49.8 Å². The molecule has 0 saturated carbocycles. The number of hydrogen-bond acceptors (Lipinski definition) is 6. The van der Waals surface area contributed by atoms with Crippen LogP contribution in [0.1, 0.15) is 46.0 Å². The molecule has 0 atom stereocenters. The molecule has 0 radical (unpaired) electrons. The van der Waals surface area contributed by atoms with Crippen molar-refractivity contribution < 1.29 is 28.6 Å². The van der Waals surface area contributed by atoms with Gasteiger partial charge in [-0.25, -0.2) is 0 Å². The lowest BCUT2D eigenvalue weighted by Crippen LogP contribution is -2.39. The lowest BCUT2D eigenvalue weighted by Gasteiger charge is -2.31. The molecule has 6 nitrogen and oxygen atoms in total. The highest BCUT2D eigenvalue weighted by atomic mass is 79.9. The second-order valence-electron chi connectivity index (χ2n) is 5.46. The maximum Gasteiger partial charge on any atom is 0.306 e. The van der Waals surface area contributed by atoms with Crippen LogP contribution in [0.5, 0.6) is 0 Å². The van der Waals surface area contributed by atoms with E-state index in [-0.39, 0.29) is 50.6 Å². The molecule has 0 bridgehead atoms. The van der Waals surface area contributed by atoms with Crippen molar-refractivity contribution in [2.75, 3.05) is 30.5 Å². The first kappa shape index (κ1) is 23.4. The third-order valence-electron chi connectivity index (χ3n) is 3.42. The van der Waals surface area contributed by atoms with E-state index in [1.807, 2.05) is 13.8 Å². The highest BCUT2D eigenvalue weighted by molar-refractivity contribution is 9.09. The Hall–Kier alpha value is -0.630. The number of carbonyl (C=O) groups is 3. The summed E-state index contributed by atoms with van der Waals surface area (Å²) in [5.74, 6) is -1.01. The maximum atomic E-state index is 11.6. The fourth-order valence-corrected chi connectivity index (χ4v) is 2.35. The third kappa shape index (κ3) is 10.3. The zero-order valence-electron chi connectivity index (χ0n) is 14.3. The Morgan fingerprint density at radius 1 is 0.750 bits per heavy atom. The minimum Gasteiger partial charge on any atom is -0.465 e. The third-order valence-corrected chi connectivity index (χ3v) is 4.21. The van der Waals surface area contributed by atoms with Gasteiger partial charge in [-0.1, -0.05) is 45.7 Å². The van der Waals surface area contributed by atoms with Gasteiger partial charge in [-0.05, 0) is 12.8 Å². The first-order chi connectivity index (χ1) is 11.4. The van der Waals surface area contributed by atoms with Gasteiger partial charge < -0.3 is 14.2 Å². The van der Waals surface area contributed by atoms with E-state index >= 15 is 0 Å². The van der Waals surface area contributed by atoms with E-state index in [9.17, 15) is 14.4 Å². The summed E-state index contributed by atoms with van der Waals surface area (Å²) in [7, 11) is 0. The standard InChI is InChI=1S/C16H26Br2O6/c1-3-5-13(19)22-10-16(4-2,11-23-14(20)6-8-17)12-24-15(21)7-9-18/h3-12H2,1-2H3. The van der Waals surface area contributed by atoms with E-state index in [2.05, 4.69) is 31.9 Å². The Kier molecular flexibility index (Phi) is 13.3. The van der Waals surface area contributed by atoms with Crippen LogP contribution in [0.2, 0.25) is 0 Å². The van der Waals surface area contributed by atoms with Gasteiger partial charge in [0.15, 0.2) is 0 Å². The molecular weight excluding hydrogens is 448 g/mol. The van der Waals surface area contributed by atoms with Crippen molar-refractivity contribution in [1.29, 1.82) is 0 Å². The van der Waals surface area contributed by atoms with Crippen molar-refractivity contribution in [1.82, 2.24) is 0 Å². The molecule has 24 heavy (non-hydrogen) atoms. The fourth-order valence-electron chi connectivity index (χ4n) is 1.71. The van der Waals surface area contributed by atoms with Crippen LogP contribution in [0, 0.1) is 5.41 Å². The predicted octanol–water partition coefficient (Wildman–Crippen LogP) is 3.38. The van der Waals surface area contributed by atoms with Gasteiger partial charge in [-0.3, -0.25) is 14.4 Å². The van der Waals surface area contributed by atoms with Crippen molar-refractivity contribution in [2.45, 2.75) is 46.0 Å².